The van der Waals surface area contributed by atoms with Crippen LogP contribution >= 0.6 is 15.9 Å². The SMILES string of the molecule is O=C(N/N=C/c1ccc(C(=O)Nc2ccc(Br)cc2)cc1)c1ccncc1. The van der Waals surface area contributed by atoms with E-state index in [2.05, 4.69) is 36.8 Å². The quantitative estimate of drug-likeness (QED) is 0.483. The second-order valence-corrected chi connectivity index (χ2v) is 6.43. The number of benzene rings is 2. The fourth-order valence-electron chi connectivity index (χ4n) is 2.19. The van der Waals surface area contributed by atoms with E-state index in [1.165, 1.54) is 18.6 Å². The maximum absolute atomic E-state index is 12.3. The second kappa shape index (κ2) is 8.86. The van der Waals surface area contributed by atoms with E-state index in [1.54, 1.807) is 36.4 Å². The van der Waals surface area contributed by atoms with Gasteiger partial charge >= 0.3 is 0 Å². The van der Waals surface area contributed by atoms with E-state index in [0.717, 1.165) is 10.0 Å². The molecule has 0 saturated carbocycles. The maximum Gasteiger partial charge on any atom is 0.271 e. The van der Waals surface area contributed by atoms with E-state index < -0.39 is 0 Å². The molecule has 1 aromatic heterocycles. The molecular weight excluding hydrogens is 408 g/mol. The van der Waals surface area contributed by atoms with E-state index in [-0.39, 0.29) is 11.8 Å². The summed E-state index contributed by atoms with van der Waals surface area (Å²) in [5.41, 5.74) is 4.91. The van der Waals surface area contributed by atoms with Gasteiger partial charge in [-0.25, -0.2) is 5.43 Å². The van der Waals surface area contributed by atoms with Crippen molar-refractivity contribution in [3.63, 3.8) is 0 Å². The third kappa shape index (κ3) is 5.32. The number of hydrogen-bond acceptors (Lipinski definition) is 4. The Hall–Kier alpha value is -3.32. The summed E-state index contributed by atoms with van der Waals surface area (Å²) in [6, 6.07) is 17.4. The average Bonchev–Trinajstić information content (AvgIpc) is 2.71. The zero-order valence-electron chi connectivity index (χ0n) is 14.1. The molecule has 7 heteroatoms. The molecule has 0 aliphatic carbocycles. The number of halogens is 1. The number of carbonyl (C=O) groups is 2. The van der Waals surface area contributed by atoms with Gasteiger partial charge in [0.05, 0.1) is 6.21 Å². The minimum absolute atomic E-state index is 0.202. The zero-order valence-corrected chi connectivity index (χ0v) is 15.7. The lowest BCUT2D eigenvalue weighted by Crippen LogP contribution is -2.17. The fraction of sp³-hybridized carbons (Fsp3) is 0. The molecule has 3 aromatic rings. The lowest BCUT2D eigenvalue weighted by molar-refractivity contribution is 0.0954. The molecule has 0 bridgehead atoms. The van der Waals surface area contributed by atoms with Gasteiger partial charge in [-0.1, -0.05) is 28.1 Å². The van der Waals surface area contributed by atoms with E-state index in [4.69, 9.17) is 0 Å². The molecule has 2 aromatic carbocycles. The molecule has 0 fully saturated rings. The summed E-state index contributed by atoms with van der Waals surface area (Å²) in [6.45, 7) is 0. The molecule has 2 amide bonds. The molecule has 0 spiro atoms. The standard InChI is InChI=1S/C20H15BrN4O2/c21-17-5-7-18(8-6-17)24-19(26)15-3-1-14(2-4-15)13-23-25-20(27)16-9-11-22-12-10-16/h1-13H,(H,24,26)(H,25,27)/b23-13+. The summed E-state index contributed by atoms with van der Waals surface area (Å²) in [4.78, 5) is 28.0. The van der Waals surface area contributed by atoms with Crippen molar-refractivity contribution in [3.05, 3.63) is 94.2 Å². The summed E-state index contributed by atoms with van der Waals surface area (Å²) in [6.07, 6.45) is 4.59. The second-order valence-electron chi connectivity index (χ2n) is 5.52. The van der Waals surface area contributed by atoms with Crippen molar-refractivity contribution in [2.24, 2.45) is 5.10 Å². The highest BCUT2D eigenvalue weighted by Crippen LogP contribution is 2.15. The Bertz CT molecular complexity index is 956. The van der Waals surface area contributed by atoms with Crippen molar-refractivity contribution < 1.29 is 9.59 Å². The Kier molecular flexibility index (Phi) is 6.06. The van der Waals surface area contributed by atoms with Gasteiger partial charge < -0.3 is 5.32 Å². The summed E-state index contributed by atoms with van der Waals surface area (Å²) in [5.74, 6) is -0.522. The Morgan fingerprint density at radius 1 is 0.852 bits per heavy atom. The Morgan fingerprint density at radius 3 is 2.15 bits per heavy atom. The van der Waals surface area contributed by atoms with Crippen LogP contribution in [-0.4, -0.2) is 23.0 Å². The number of nitrogens with one attached hydrogen (secondary N) is 2. The number of pyridine rings is 1. The number of hydrogen-bond donors (Lipinski definition) is 2. The molecule has 0 aliphatic heterocycles. The monoisotopic (exact) mass is 422 g/mol. The van der Waals surface area contributed by atoms with Crippen LogP contribution in [0.4, 0.5) is 5.69 Å². The first kappa shape index (κ1) is 18.5. The van der Waals surface area contributed by atoms with Crippen LogP contribution in [-0.2, 0) is 0 Å². The molecule has 0 atom stereocenters. The van der Waals surface area contributed by atoms with Crippen molar-refractivity contribution in [3.8, 4) is 0 Å². The van der Waals surface area contributed by atoms with Crippen LogP contribution in [0, 0.1) is 0 Å². The molecule has 27 heavy (non-hydrogen) atoms. The summed E-state index contributed by atoms with van der Waals surface area (Å²) in [5, 5.41) is 6.74. The molecule has 0 saturated heterocycles. The topological polar surface area (TPSA) is 83.5 Å². The van der Waals surface area contributed by atoms with E-state index in [9.17, 15) is 9.59 Å². The highest BCUT2D eigenvalue weighted by molar-refractivity contribution is 9.10. The van der Waals surface area contributed by atoms with Gasteiger partial charge in [0.15, 0.2) is 0 Å². The van der Waals surface area contributed by atoms with Crippen LogP contribution in [0.5, 0.6) is 0 Å². The molecular formula is C20H15BrN4O2. The first-order valence-corrected chi connectivity index (χ1v) is 8.81. The fourth-order valence-corrected chi connectivity index (χ4v) is 2.45. The number of amides is 2. The van der Waals surface area contributed by atoms with E-state index in [1.807, 2.05) is 24.3 Å². The number of aromatic nitrogens is 1. The van der Waals surface area contributed by atoms with Gasteiger partial charge in [0.2, 0.25) is 0 Å². The van der Waals surface area contributed by atoms with Gasteiger partial charge in [0, 0.05) is 33.7 Å². The van der Waals surface area contributed by atoms with Crippen LogP contribution in [0.2, 0.25) is 0 Å². The lowest BCUT2D eigenvalue weighted by atomic mass is 10.1. The first-order valence-electron chi connectivity index (χ1n) is 8.02. The van der Waals surface area contributed by atoms with Crippen LogP contribution in [0.3, 0.4) is 0 Å². The summed E-state index contributed by atoms with van der Waals surface area (Å²) in [7, 11) is 0. The van der Waals surface area contributed by atoms with Crippen molar-refractivity contribution >= 4 is 39.6 Å². The average molecular weight is 423 g/mol. The van der Waals surface area contributed by atoms with Gasteiger partial charge in [0.25, 0.3) is 11.8 Å². The normalized spacial score (nSPS) is 10.6. The number of rotatable bonds is 5. The third-order valence-corrected chi connectivity index (χ3v) is 4.13. The highest BCUT2D eigenvalue weighted by atomic mass is 79.9. The van der Waals surface area contributed by atoms with E-state index >= 15 is 0 Å². The smallest absolute Gasteiger partial charge is 0.271 e. The number of carbonyl (C=O) groups excluding carboxylic acids is 2. The molecule has 3 rings (SSSR count). The van der Waals surface area contributed by atoms with Gasteiger partial charge in [-0.2, -0.15) is 5.10 Å². The predicted octanol–water partition coefficient (Wildman–Crippen LogP) is 3.86. The maximum atomic E-state index is 12.3. The van der Waals surface area contributed by atoms with Crippen molar-refractivity contribution in [2.75, 3.05) is 5.32 Å². The molecule has 0 unspecified atom stereocenters. The minimum atomic E-state index is -0.320. The molecule has 2 N–H and O–H groups in total. The van der Waals surface area contributed by atoms with Gasteiger partial charge in [-0.15, -0.1) is 0 Å². The molecule has 134 valence electrons. The Balaban J connectivity index is 1.57. The highest BCUT2D eigenvalue weighted by Gasteiger charge is 2.06. The molecule has 1 heterocycles. The lowest BCUT2D eigenvalue weighted by Gasteiger charge is -2.05. The van der Waals surface area contributed by atoms with Gasteiger partial charge in [-0.05, 0) is 54.1 Å². The number of anilines is 1. The van der Waals surface area contributed by atoms with Crippen molar-refractivity contribution in [1.82, 2.24) is 10.4 Å². The molecule has 0 aliphatic rings. The summed E-state index contributed by atoms with van der Waals surface area (Å²) >= 11 is 3.35. The third-order valence-electron chi connectivity index (χ3n) is 3.60. The van der Waals surface area contributed by atoms with Crippen LogP contribution in [0.1, 0.15) is 26.3 Å². The molecule has 6 nitrogen and oxygen atoms in total. The van der Waals surface area contributed by atoms with Crippen molar-refractivity contribution in [2.45, 2.75) is 0 Å². The zero-order chi connectivity index (χ0) is 19.1. The van der Waals surface area contributed by atoms with Crippen LogP contribution in [0.15, 0.2) is 82.6 Å². The number of nitrogens with zero attached hydrogens (tertiary/aromatic N) is 2. The largest absolute Gasteiger partial charge is 0.322 e. The first-order chi connectivity index (χ1) is 13.1. The Labute approximate surface area is 164 Å². The van der Waals surface area contributed by atoms with Crippen molar-refractivity contribution in [1.29, 1.82) is 0 Å². The van der Waals surface area contributed by atoms with Crippen LogP contribution < -0.4 is 10.7 Å². The van der Waals surface area contributed by atoms with Gasteiger partial charge in [0.1, 0.15) is 0 Å². The van der Waals surface area contributed by atoms with Crippen LogP contribution in [0.25, 0.3) is 0 Å². The number of hydrazone groups is 1. The Morgan fingerprint density at radius 2 is 1.48 bits per heavy atom. The van der Waals surface area contributed by atoms with E-state index in [0.29, 0.717) is 16.8 Å². The summed E-state index contributed by atoms with van der Waals surface area (Å²) < 4.78 is 0.945. The molecule has 0 radical (unpaired) electrons. The predicted molar refractivity (Wildman–Crippen MR) is 108 cm³/mol. The minimum Gasteiger partial charge on any atom is -0.322 e. The van der Waals surface area contributed by atoms with Gasteiger partial charge in [-0.3, -0.25) is 14.6 Å².